The molecule has 1 rings (SSSR count). The molecule has 0 aliphatic heterocycles. The summed E-state index contributed by atoms with van der Waals surface area (Å²) in [5.41, 5.74) is 7.19. The van der Waals surface area contributed by atoms with Crippen molar-refractivity contribution < 1.29 is 9.90 Å². The average Bonchev–Trinajstić information content (AvgIpc) is 2.25. The van der Waals surface area contributed by atoms with E-state index >= 15 is 0 Å². The minimum absolute atomic E-state index is 0.0528. The molecule has 0 spiro atoms. The van der Waals surface area contributed by atoms with E-state index in [1.807, 2.05) is 19.1 Å². The predicted octanol–water partition coefficient (Wildman–Crippen LogP) is 1.56. The van der Waals surface area contributed by atoms with Crippen LogP contribution in [0.2, 0.25) is 0 Å². The third-order valence-corrected chi connectivity index (χ3v) is 2.42. The lowest BCUT2D eigenvalue weighted by atomic mass is 10.1. The third kappa shape index (κ3) is 5.50. The minimum Gasteiger partial charge on any atom is -0.399 e. The lowest BCUT2D eigenvalue weighted by Crippen LogP contribution is -2.33. The van der Waals surface area contributed by atoms with Gasteiger partial charge in [-0.05, 0) is 44.0 Å². The van der Waals surface area contributed by atoms with Gasteiger partial charge in [0.05, 0.1) is 6.10 Å². The number of carbonyl (C=O) groups excluding carboxylic acids is 1. The molecule has 0 radical (unpaired) electrons. The summed E-state index contributed by atoms with van der Waals surface area (Å²) in [5, 5.41) is 12.0. The van der Waals surface area contributed by atoms with Gasteiger partial charge in [0.1, 0.15) is 0 Å². The van der Waals surface area contributed by atoms with Crippen LogP contribution in [-0.2, 0) is 4.79 Å². The summed E-state index contributed by atoms with van der Waals surface area (Å²) in [5.74, 6) is -0.175. The van der Waals surface area contributed by atoms with Crippen LogP contribution in [0, 0.1) is 0 Å². The molecule has 4 heteroatoms. The molecule has 18 heavy (non-hydrogen) atoms. The number of aliphatic hydroxyl groups is 1. The van der Waals surface area contributed by atoms with Crippen molar-refractivity contribution in [3.63, 3.8) is 0 Å². The molecule has 2 atom stereocenters. The number of carbonyl (C=O) groups is 1. The number of benzene rings is 1. The second-order valence-corrected chi connectivity index (χ2v) is 4.50. The summed E-state index contributed by atoms with van der Waals surface area (Å²) in [6.45, 7) is 3.56. The number of hydrogen-bond donors (Lipinski definition) is 3. The molecule has 1 aromatic rings. The van der Waals surface area contributed by atoms with E-state index in [2.05, 4.69) is 5.32 Å². The molecule has 0 aliphatic rings. The van der Waals surface area contributed by atoms with Crippen molar-refractivity contribution in [2.45, 2.75) is 32.4 Å². The molecule has 0 bridgehead atoms. The number of aliphatic hydroxyl groups excluding tert-OH is 1. The zero-order valence-corrected chi connectivity index (χ0v) is 10.8. The van der Waals surface area contributed by atoms with Gasteiger partial charge in [0.15, 0.2) is 0 Å². The van der Waals surface area contributed by atoms with Crippen LogP contribution in [0.5, 0.6) is 0 Å². The fraction of sp³-hybridized carbons (Fsp3) is 0.357. The lowest BCUT2D eigenvalue weighted by Gasteiger charge is -2.13. The highest BCUT2D eigenvalue weighted by atomic mass is 16.3. The zero-order chi connectivity index (χ0) is 13.5. The second-order valence-electron chi connectivity index (χ2n) is 4.50. The Morgan fingerprint density at radius 2 is 2.22 bits per heavy atom. The Kier molecular flexibility index (Phi) is 5.39. The molecule has 1 amide bonds. The highest BCUT2D eigenvalue weighted by molar-refractivity contribution is 5.91. The minimum atomic E-state index is -0.418. The van der Waals surface area contributed by atoms with E-state index in [4.69, 9.17) is 5.73 Å². The summed E-state index contributed by atoms with van der Waals surface area (Å²) in [7, 11) is 0. The first-order valence-corrected chi connectivity index (χ1v) is 5.99. The monoisotopic (exact) mass is 248 g/mol. The van der Waals surface area contributed by atoms with E-state index in [-0.39, 0.29) is 11.9 Å². The van der Waals surface area contributed by atoms with Crippen LogP contribution in [0.4, 0.5) is 5.69 Å². The molecule has 0 saturated carbocycles. The van der Waals surface area contributed by atoms with Crippen LogP contribution in [0.25, 0.3) is 6.08 Å². The van der Waals surface area contributed by atoms with Crippen molar-refractivity contribution in [3.8, 4) is 0 Å². The molecular formula is C14H20N2O2. The van der Waals surface area contributed by atoms with E-state index in [1.165, 1.54) is 6.08 Å². The largest absolute Gasteiger partial charge is 0.399 e. The standard InChI is InChI=1S/C14H20N2O2/c1-10(8-11(2)17)16-14(18)7-6-12-4-3-5-13(15)9-12/h3-7,9-11,17H,8,15H2,1-2H3,(H,16,18)/b7-6+. The van der Waals surface area contributed by atoms with Crippen molar-refractivity contribution in [3.05, 3.63) is 35.9 Å². The number of anilines is 1. The molecule has 1 aromatic carbocycles. The number of amides is 1. The highest BCUT2D eigenvalue weighted by Crippen LogP contribution is 2.08. The summed E-state index contributed by atoms with van der Waals surface area (Å²) in [6, 6.07) is 7.25. The molecule has 4 nitrogen and oxygen atoms in total. The van der Waals surface area contributed by atoms with Gasteiger partial charge in [-0.15, -0.1) is 0 Å². The normalized spacial score (nSPS) is 14.4. The van der Waals surface area contributed by atoms with Crippen molar-refractivity contribution in [1.82, 2.24) is 5.32 Å². The first-order valence-electron chi connectivity index (χ1n) is 5.99. The van der Waals surface area contributed by atoms with Gasteiger partial charge in [0.25, 0.3) is 0 Å². The molecule has 0 saturated heterocycles. The van der Waals surface area contributed by atoms with E-state index < -0.39 is 6.10 Å². The molecule has 98 valence electrons. The Morgan fingerprint density at radius 3 is 2.83 bits per heavy atom. The number of nitrogen functional groups attached to an aromatic ring is 1. The molecular weight excluding hydrogens is 228 g/mol. The van der Waals surface area contributed by atoms with Crippen molar-refractivity contribution in [2.24, 2.45) is 0 Å². The molecule has 0 aromatic heterocycles. The van der Waals surface area contributed by atoms with Crippen molar-refractivity contribution in [1.29, 1.82) is 0 Å². The maximum absolute atomic E-state index is 11.6. The summed E-state index contributed by atoms with van der Waals surface area (Å²) < 4.78 is 0. The van der Waals surface area contributed by atoms with Crippen LogP contribution >= 0.6 is 0 Å². The van der Waals surface area contributed by atoms with Crippen LogP contribution in [0.3, 0.4) is 0 Å². The average molecular weight is 248 g/mol. The third-order valence-electron chi connectivity index (χ3n) is 2.42. The lowest BCUT2D eigenvalue weighted by molar-refractivity contribution is -0.117. The first kappa shape index (κ1) is 14.3. The van der Waals surface area contributed by atoms with Crippen molar-refractivity contribution in [2.75, 3.05) is 5.73 Å². The van der Waals surface area contributed by atoms with E-state index in [9.17, 15) is 9.90 Å². The Balaban J connectivity index is 2.49. The number of rotatable bonds is 5. The van der Waals surface area contributed by atoms with Gasteiger partial charge in [-0.3, -0.25) is 4.79 Å². The van der Waals surface area contributed by atoms with Crippen LogP contribution in [0.1, 0.15) is 25.8 Å². The first-order chi connectivity index (χ1) is 8.47. The van der Waals surface area contributed by atoms with E-state index in [0.29, 0.717) is 12.1 Å². The summed E-state index contributed by atoms with van der Waals surface area (Å²) in [6.07, 6.45) is 3.30. The maximum atomic E-state index is 11.6. The van der Waals surface area contributed by atoms with Crippen molar-refractivity contribution >= 4 is 17.7 Å². The predicted molar refractivity (Wildman–Crippen MR) is 73.8 cm³/mol. The molecule has 4 N–H and O–H groups in total. The Hall–Kier alpha value is -1.81. The fourth-order valence-corrected chi connectivity index (χ4v) is 1.70. The number of hydrogen-bond acceptors (Lipinski definition) is 3. The Bertz CT molecular complexity index is 428. The summed E-state index contributed by atoms with van der Waals surface area (Å²) in [4.78, 5) is 11.6. The number of nitrogens with one attached hydrogen (secondary N) is 1. The topological polar surface area (TPSA) is 75.3 Å². The van der Waals surface area contributed by atoms with Gasteiger partial charge < -0.3 is 16.2 Å². The quantitative estimate of drug-likeness (QED) is 0.546. The van der Waals surface area contributed by atoms with Crippen LogP contribution in [0.15, 0.2) is 30.3 Å². The fourth-order valence-electron chi connectivity index (χ4n) is 1.70. The van der Waals surface area contributed by atoms with Gasteiger partial charge in [-0.2, -0.15) is 0 Å². The van der Waals surface area contributed by atoms with Gasteiger partial charge in [0.2, 0.25) is 5.91 Å². The van der Waals surface area contributed by atoms with Gasteiger partial charge in [-0.25, -0.2) is 0 Å². The summed E-state index contributed by atoms with van der Waals surface area (Å²) >= 11 is 0. The molecule has 2 unspecified atom stereocenters. The Morgan fingerprint density at radius 1 is 1.50 bits per heavy atom. The smallest absolute Gasteiger partial charge is 0.244 e. The van der Waals surface area contributed by atoms with Crippen LogP contribution < -0.4 is 11.1 Å². The van der Waals surface area contributed by atoms with Gasteiger partial charge in [-0.1, -0.05) is 12.1 Å². The molecule has 0 aliphatic carbocycles. The highest BCUT2D eigenvalue weighted by Gasteiger charge is 2.07. The van der Waals surface area contributed by atoms with E-state index in [1.54, 1.807) is 25.1 Å². The maximum Gasteiger partial charge on any atom is 0.244 e. The zero-order valence-electron chi connectivity index (χ0n) is 10.8. The Labute approximate surface area is 108 Å². The van der Waals surface area contributed by atoms with Gasteiger partial charge >= 0.3 is 0 Å². The second kappa shape index (κ2) is 6.81. The molecule has 0 fully saturated rings. The number of nitrogens with two attached hydrogens (primary N) is 1. The van der Waals surface area contributed by atoms with Crippen LogP contribution in [-0.4, -0.2) is 23.2 Å². The SMILES string of the molecule is CC(O)CC(C)NC(=O)/C=C/c1cccc(N)c1. The van der Waals surface area contributed by atoms with Gasteiger partial charge in [0, 0.05) is 17.8 Å². The van der Waals surface area contributed by atoms with E-state index in [0.717, 1.165) is 5.56 Å². The molecule has 0 heterocycles.